The summed E-state index contributed by atoms with van der Waals surface area (Å²) in [6.07, 6.45) is 3.12. The lowest BCUT2D eigenvalue weighted by atomic mass is 10.1. The Morgan fingerprint density at radius 2 is 1.73 bits per heavy atom. The van der Waals surface area contributed by atoms with Crippen molar-refractivity contribution in [3.8, 4) is 5.95 Å². The summed E-state index contributed by atoms with van der Waals surface area (Å²) < 4.78 is 2.87. The SMILES string of the molecule is Cc1ccc(Cn2c(C)c3c(=O)n(-c4ncccn4)[nH]c3cc2=O)cc1. The van der Waals surface area contributed by atoms with Gasteiger partial charge in [-0.25, -0.2) is 9.97 Å². The van der Waals surface area contributed by atoms with E-state index >= 15 is 0 Å². The highest BCUT2D eigenvalue weighted by Crippen LogP contribution is 2.13. The van der Waals surface area contributed by atoms with Crippen molar-refractivity contribution in [3.63, 3.8) is 0 Å². The summed E-state index contributed by atoms with van der Waals surface area (Å²) in [4.78, 5) is 33.6. The summed E-state index contributed by atoms with van der Waals surface area (Å²) in [6.45, 7) is 4.21. The van der Waals surface area contributed by atoms with Crippen LogP contribution in [0.25, 0.3) is 16.9 Å². The molecule has 0 unspecified atom stereocenters. The van der Waals surface area contributed by atoms with Crippen LogP contribution in [0.1, 0.15) is 16.8 Å². The van der Waals surface area contributed by atoms with Gasteiger partial charge in [0, 0.05) is 24.2 Å². The number of benzene rings is 1. The molecule has 0 spiro atoms. The lowest BCUT2D eigenvalue weighted by Gasteiger charge is -2.10. The van der Waals surface area contributed by atoms with Crippen molar-refractivity contribution in [1.82, 2.24) is 24.3 Å². The number of aromatic nitrogens is 5. The number of hydrogen-bond acceptors (Lipinski definition) is 4. The van der Waals surface area contributed by atoms with E-state index in [-0.39, 0.29) is 17.1 Å². The largest absolute Gasteiger partial charge is 0.308 e. The fourth-order valence-electron chi connectivity index (χ4n) is 3.03. The summed E-state index contributed by atoms with van der Waals surface area (Å²) in [5.74, 6) is 0.241. The Kier molecular flexibility index (Phi) is 3.76. The quantitative estimate of drug-likeness (QED) is 0.614. The first kappa shape index (κ1) is 16.0. The average molecular weight is 347 g/mol. The number of nitrogens with one attached hydrogen (secondary N) is 1. The minimum atomic E-state index is -0.277. The molecule has 0 amide bonds. The van der Waals surface area contributed by atoms with Crippen LogP contribution in [0.2, 0.25) is 0 Å². The molecular formula is C19H17N5O2. The van der Waals surface area contributed by atoms with Crippen molar-refractivity contribution in [3.05, 3.63) is 86.3 Å². The molecule has 0 bridgehead atoms. The Morgan fingerprint density at radius 3 is 2.42 bits per heavy atom. The zero-order valence-corrected chi connectivity index (χ0v) is 14.4. The minimum absolute atomic E-state index is 0.169. The number of hydrogen-bond donors (Lipinski definition) is 1. The number of H-pyrrole nitrogens is 1. The molecule has 0 aliphatic carbocycles. The van der Waals surface area contributed by atoms with Crippen molar-refractivity contribution in [2.24, 2.45) is 0 Å². The van der Waals surface area contributed by atoms with E-state index in [4.69, 9.17) is 0 Å². The van der Waals surface area contributed by atoms with Gasteiger partial charge < -0.3 is 4.57 Å². The first-order chi connectivity index (χ1) is 12.5. The summed E-state index contributed by atoms with van der Waals surface area (Å²) in [7, 11) is 0. The smallest absolute Gasteiger partial charge is 0.283 e. The molecule has 0 aliphatic rings. The molecule has 1 N–H and O–H groups in total. The molecule has 0 fully saturated rings. The predicted molar refractivity (Wildman–Crippen MR) is 98.8 cm³/mol. The van der Waals surface area contributed by atoms with Gasteiger partial charge in [0.1, 0.15) is 0 Å². The zero-order chi connectivity index (χ0) is 18.3. The van der Waals surface area contributed by atoms with Crippen molar-refractivity contribution >= 4 is 10.9 Å². The highest BCUT2D eigenvalue weighted by atomic mass is 16.1. The van der Waals surface area contributed by atoms with Crippen LogP contribution in [-0.4, -0.2) is 24.3 Å². The Labute approximate surface area is 148 Å². The zero-order valence-electron chi connectivity index (χ0n) is 14.4. The van der Waals surface area contributed by atoms with Gasteiger partial charge in [0.05, 0.1) is 17.4 Å². The minimum Gasteiger partial charge on any atom is -0.308 e. The highest BCUT2D eigenvalue weighted by molar-refractivity contribution is 5.80. The molecule has 7 nitrogen and oxygen atoms in total. The third-order valence-corrected chi connectivity index (χ3v) is 4.43. The van der Waals surface area contributed by atoms with E-state index < -0.39 is 0 Å². The summed E-state index contributed by atoms with van der Waals surface area (Å²) >= 11 is 0. The summed E-state index contributed by atoms with van der Waals surface area (Å²) in [5.41, 5.74) is 2.81. The number of aromatic amines is 1. The monoisotopic (exact) mass is 347 g/mol. The molecule has 0 saturated heterocycles. The first-order valence-electron chi connectivity index (χ1n) is 8.23. The van der Waals surface area contributed by atoms with E-state index in [1.807, 2.05) is 31.2 Å². The van der Waals surface area contributed by atoms with Crippen molar-refractivity contribution in [1.29, 1.82) is 0 Å². The van der Waals surface area contributed by atoms with E-state index in [1.54, 1.807) is 30.0 Å². The third kappa shape index (κ3) is 2.63. The number of fused-ring (bicyclic) bond motifs is 1. The van der Waals surface area contributed by atoms with Gasteiger partial charge in [0.25, 0.3) is 17.1 Å². The van der Waals surface area contributed by atoms with Gasteiger partial charge in [-0.2, -0.15) is 4.68 Å². The van der Waals surface area contributed by atoms with Gasteiger partial charge >= 0.3 is 0 Å². The second-order valence-corrected chi connectivity index (χ2v) is 6.23. The van der Waals surface area contributed by atoms with E-state index in [9.17, 15) is 9.59 Å². The first-order valence-corrected chi connectivity index (χ1v) is 8.23. The fraction of sp³-hybridized carbons (Fsp3) is 0.158. The number of pyridine rings is 1. The highest BCUT2D eigenvalue weighted by Gasteiger charge is 2.16. The van der Waals surface area contributed by atoms with Crippen LogP contribution in [0.15, 0.2) is 58.4 Å². The maximum absolute atomic E-state index is 12.8. The van der Waals surface area contributed by atoms with Gasteiger partial charge in [0.15, 0.2) is 0 Å². The van der Waals surface area contributed by atoms with Crippen LogP contribution in [0.4, 0.5) is 0 Å². The second-order valence-electron chi connectivity index (χ2n) is 6.23. The number of aryl methyl sites for hydroxylation is 2. The van der Waals surface area contributed by atoms with Crippen molar-refractivity contribution in [2.45, 2.75) is 20.4 Å². The number of nitrogens with zero attached hydrogens (tertiary/aromatic N) is 4. The van der Waals surface area contributed by atoms with E-state index in [2.05, 4.69) is 15.1 Å². The van der Waals surface area contributed by atoms with Gasteiger partial charge in [-0.1, -0.05) is 29.8 Å². The normalized spacial score (nSPS) is 11.2. The van der Waals surface area contributed by atoms with E-state index in [0.29, 0.717) is 23.1 Å². The summed E-state index contributed by atoms with van der Waals surface area (Å²) in [6, 6.07) is 11.1. The van der Waals surface area contributed by atoms with Gasteiger partial charge in [-0.15, -0.1) is 0 Å². The maximum Gasteiger partial charge on any atom is 0.283 e. The predicted octanol–water partition coefficient (Wildman–Crippen LogP) is 1.94. The van der Waals surface area contributed by atoms with Gasteiger partial charge in [0.2, 0.25) is 0 Å². The van der Waals surface area contributed by atoms with Crippen LogP contribution in [0, 0.1) is 13.8 Å². The molecule has 0 aliphatic heterocycles. The van der Waals surface area contributed by atoms with Crippen LogP contribution in [0.5, 0.6) is 0 Å². The second kappa shape index (κ2) is 6.11. The Balaban J connectivity index is 1.88. The molecule has 130 valence electrons. The average Bonchev–Trinajstić information content (AvgIpc) is 2.97. The van der Waals surface area contributed by atoms with Crippen LogP contribution in [-0.2, 0) is 6.54 Å². The molecule has 0 atom stereocenters. The standard InChI is InChI=1S/C19H17N5O2/c1-12-4-6-14(7-5-12)11-23-13(2)17-15(10-16(23)25)22-24(18(17)26)19-20-8-3-9-21-19/h3-10,22H,11H2,1-2H3. The molecule has 4 rings (SSSR count). The maximum atomic E-state index is 12.8. The topological polar surface area (TPSA) is 85.6 Å². The van der Waals surface area contributed by atoms with E-state index in [0.717, 1.165) is 11.1 Å². The fourth-order valence-corrected chi connectivity index (χ4v) is 3.03. The Morgan fingerprint density at radius 1 is 1.04 bits per heavy atom. The van der Waals surface area contributed by atoms with Crippen LogP contribution < -0.4 is 11.1 Å². The number of rotatable bonds is 3. The summed E-state index contributed by atoms with van der Waals surface area (Å²) in [5, 5.41) is 3.39. The molecule has 26 heavy (non-hydrogen) atoms. The molecule has 1 aromatic carbocycles. The third-order valence-electron chi connectivity index (χ3n) is 4.43. The molecule has 3 heterocycles. The molecule has 7 heteroatoms. The molecular weight excluding hydrogens is 330 g/mol. The Hall–Kier alpha value is -3.48. The van der Waals surface area contributed by atoms with Crippen LogP contribution in [0.3, 0.4) is 0 Å². The molecule has 4 aromatic rings. The van der Waals surface area contributed by atoms with Gasteiger partial charge in [-0.05, 0) is 25.5 Å². The lowest BCUT2D eigenvalue weighted by Crippen LogP contribution is -2.24. The molecule has 0 saturated carbocycles. The van der Waals surface area contributed by atoms with E-state index in [1.165, 1.54) is 10.7 Å². The molecule has 3 aromatic heterocycles. The Bertz CT molecular complexity index is 1200. The van der Waals surface area contributed by atoms with Crippen molar-refractivity contribution < 1.29 is 0 Å². The lowest BCUT2D eigenvalue weighted by molar-refractivity contribution is 0.738. The van der Waals surface area contributed by atoms with Crippen LogP contribution >= 0.6 is 0 Å². The van der Waals surface area contributed by atoms with Gasteiger partial charge in [-0.3, -0.25) is 14.7 Å². The van der Waals surface area contributed by atoms with Crippen molar-refractivity contribution in [2.75, 3.05) is 0 Å². The molecule has 0 radical (unpaired) electrons.